The van der Waals surface area contributed by atoms with Crippen molar-refractivity contribution in [3.05, 3.63) is 12.7 Å². The number of hydrogen-bond donors (Lipinski definition) is 0. The van der Waals surface area contributed by atoms with E-state index in [0.717, 1.165) is 6.42 Å². The van der Waals surface area contributed by atoms with Gasteiger partial charge >= 0.3 is 0 Å². The molecule has 1 fully saturated rings. The first-order valence-corrected chi connectivity index (χ1v) is 5.96. The van der Waals surface area contributed by atoms with Crippen LogP contribution in [0.5, 0.6) is 0 Å². The van der Waals surface area contributed by atoms with Gasteiger partial charge in [-0.2, -0.15) is 0 Å². The van der Waals surface area contributed by atoms with Gasteiger partial charge in [-0.1, -0.05) is 18.9 Å². The van der Waals surface area contributed by atoms with Crippen molar-refractivity contribution in [2.75, 3.05) is 7.05 Å². The minimum Gasteiger partial charge on any atom is -0.298 e. The van der Waals surface area contributed by atoms with Gasteiger partial charge in [0.1, 0.15) is 0 Å². The first-order chi connectivity index (χ1) is 6.62. The van der Waals surface area contributed by atoms with Gasteiger partial charge in [0.05, 0.1) is 0 Å². The van der Waals surface area contributed by atoms with Gasteiger partial charge in [-0.05, 0) is 46.6 Å². The maximum absolute atomic E-state index is 3.84. The van der Waals surface area contributed by atoms with Crippen molar-refractivity contribution in [1.29, 1.82) is 0 Å². The smallest absolute Gasteiger partial charge is 0.0212 e. The van der Waals surface area contributed by atoms with Crippen molar-refractivity contribution in [2.45, 2.75) is 64.0 Å². The fraction of sp³-hybridized carbons (Fsp3) is 0.846. The Hall–Kier alpha value is -0.300. The summed E-state index contributed by atoms with van der Waals surface area (Å²) < 4.78 is 0. The van der Waals surface area contributed by atoms with Crippen LogP contribution in [0.4, 0.5) is 0 Å². The first kappa shape index (κ1) is 11.8. The molecule has 0 aliphatic heterocycles. The van der Waals surface area contributed by atoms with Crippen LogP contribution >= 0.6 is 0 Å². The highest BCUT2D eigenvalue weighted by Gasteiger charge is 2.37. The lowest BCUT2D eigenvalue weighted by Gasteiger charge is -2.41. The Balaban J connectivity index is 2.65. The van der Waals surface area contributed by atoms with Crippen molar-refractivity contribution < 1.29 is 0 Å². The Labute approximate surface area is 89.2 Å². The van der Waals surface area contributed by atoms with Gasteiger partial charge in [-0.25, -0.2) is 0 Å². The van der Waals surface area contributed by atoms with Crippen LogP contribution in [0.15, 0.2) is 12.7 Å². The maximum atomic E-state index is 3.84. The van der Waals surface area contributed by atoms with E-state index in [9.17, 15) is 0 Å². The molecule has 82 valence electrons. The molecular formula is C13H25N. The third kappa shape index (κ3) is 2.38. The zero-order chi connectivity index (χ0) is 10.6. The second kappa shape index (κ2) is 4.97. The highest BCUT2D eigenvalue weighted by Crippen LogP contribution is 2.39. The average molecular weight is 195 g/mol. The summed E-state index contributed by atoms with van der Waals surface area (Å²) in [6, 6.07) is 0.665. The fourth-order valence-electron chi connectivity index (χ4n) is 2.73. The van der Waals surface area contributed by atoms with Crippen molar-refractivity contribution >= 4 is 0 Å². The van der Waals surface area contributed by atoms with E-state index in [-0.39, 0.29) is 0 Å². The molecule has 0 aromatic carbocycles. The van der Waals surface area contributed by atoms with E-state index < -0.39 is 0 Å². The molecule has 0 aromatic rings. The molecule has 14 heavy (non-hydrogen) atoms. The first-order valence-electron chi connectivity index (χ1n) is 5.96. The summed E-state index contributed by atoms with van der Waals surface area (Å²) in [7, 11) is 2.29. The number of nitrogens with zero attached hydrogens (tertiary/aromatic N) is 1. The molecule has 1 saturated carbocycles. The molecule has 0 spiro atoms. The zero-order valence-corrected chi connectivity index (χ0v) is 10.1. The topological polar surface area (TPSA) is 3.24 Å². The molecule has 0 radical (unpaired) electrons. The molecule has 0 saturated heterocycles. The van der Waals surface area contributed by atoms with Gasteiger partial charge in [0, 0.05) is 11.6 Å². The van der Waals surface area contributed by atoms with Gasteiger partial charge < -0.3 is 0 Å². The lowest BCUT2D eigenvalue weighted by atomic mass is 9.88. The van der Waals surface area contributed by atoms with E-state index in [4.69, 9.17) is 0 Å². The van der Waals surface area contributed by atoms with Gasteiger partial charge in [0.25, 0.3) is 0 Å². The van der Waals surface area contributed by atoms with Crippen molar-refractivity contribution in [3.63, 3.8) is 0 Å². The van der Waals surface area contributed by atoms with Crippen LogP contribution in [0.2, 0.25) is 0 Å². The maximum Gasteiger partial charge on any atom is 0.0212 e. The molecule has 0 aromatic heterocycles. The molecule has 1 heteroatoms. The quantitative estimate of drug-likeness (QED) is 0.606. The van der Waals surface area contributed by atoms with E-state index in [1.54, 1.807) is 0 Å². The van der Waals surface area contributed by atoms with E-state index in [2.05, 4.69) is 38.5 Å². The summed E-state index contributed by atoms with van der Waals surface area (Å²) in [4.78, 5) is 2.59. The summed E-state index contributed by atoms with van der Waals surface area (Å²) in [6.07, 6.45) is 10.1. The second-order valence-electron chi connectivity index (χ2n) is 4.96. The zero-order valence-electron chi connectivity index (χ0n) is 10.1. The fourth-order valence-corrected chi connectivity index (χ4v) is 2.73. The Bertz CT molecular complexity index is 178. The molecule has 1 nitrogen and oxygen atoms in total. The number of rotatable bonds is 5. The number of allylic oxidation sites excluding steroid dienone is 1. The summed E-state index contributed by atoms with van der Waals surface area (Å²) >= 11 is 0. The summed E-state index contributed by atoms with van der Waals surface area (Å²) in [5.41, 5.74) is 0.488. The summed E-state index contributed by atoms with van der Waals surface area (Å²) in [5, 5.41) is 0. The van der Waals surface area contributed by atoms with Gasteiger partial charge in [0.2, 0.25) is 0 Å². The van der Waals surface area contributed by atoms with Crippen molar-refractivity contribution in [3.8, 4) is 0 Å². The molecule has 0 N–H and O–H groups in total. The minimum absolute atomic E-state index is 0.488. The Morgan fingerprint density at radius 1 is 1.36 bits per heavy atom. The van der Waals surface area contributed by atoms with E-state index in [1.165, 1.54) is 32.1 Å². The second-order valence-corrected chi connectivity index (χ2v) is 4.96. The SMILES string of the molecule is C=CCCC1(N(C)C(C)C)CCCC1. The van der Waals surface area contributed by atoms with E-state index in [1.807, 2.05) is 0 Å². The van der Waals surface area contributed by atoms with Gasteiger partial charge in [0.15, 0.2) is 0 Å². The Morgan fingerprint density at radius 3 is 2.36 bits per heavy atom. The van der Waals surface area contributed by atoms with Gasteiger partial charge in [-0.3, -0.25) is 4.90 Å². The lowest BCUT2D eigenvalue weighted by Crippen LogP contribution is -2.47. The highest BCUT2D eigenvalue weighted by atomic mass is 15.2. The van der Waals surface area contributed by atoms with Crippen LogP contribution < -0.4 is 0 Å². The molecule has 0 unspecified atom stereocenters. The van der Waals surface area contributed by atoms with E-state index in [0.29, 0.717) is 11.6 Å². The normalized spacial score (nSPS) is 20.6. The van der Waals surface area contributed by atoms with Crippen LogP contribution in [0.3, 0.4) is 0 Å². The average Bonchev–Trinajstić information content (AvgIpc) is 2.63. The van der Waals surface area contributed by atoms with Crippen LogP contribution in [0.25, 0.3) is 0 Å². The molecule has 0 bridgehead atoms. The highest BCUT2D eigenvalue weighted by molar-refractivity contribution is 4.96. The standard InChI is InChI=1S/C13H25N/c1-5-6-9-13(10-7-8-11-13)14(4)12(2)3/h5,12H,1,6-11H2,2-4H3. The predicted molar refractivity (Wildman–Crippen MR) is 63.5 cm³/mol. The molecule has 0 atom stereocenters. The molecule has 1 aliphatic carbocycles. The van der Waals surface area contributed by atoms with Crippen molar-refractivity contribution in [1.82, 2.24) is 4.90 Å². The minimum atomic E-state index is 0.488. The predicted octanol–water partition coefficient (Wildman–Crippen LogP) is 3.61. The monoisotopic (exact) mass is 195 g/mol. The van der Waals surface area contributed by atoms with Gasteiger partial charge in [-0.15, -0.1) is 6.58 Å². The molecular weight excluding hydrogens is 170 g/mol. The Kier molecular flexibility index (Phi) is 4.18. The molecule has 0 amide bonds. The van der Waals surface area contributed by atoms with Crippen LogP contribution in [-0.4, -0.2) is 23.5 Å². The van der Waals surface area contributed by atoms with Crippen molar-refractivity contribution in [2.24, 2.45) is 0 Å². The Morgan fingerprint density at radius 2 is 1.93 bits per heavy atom. The van der Waals surface area contributed by atoms with Crippen LogP contribution in [0.1, 0.15) is 52.4 Å². The number of hydrogen-bond acceptors (Lipinski definition) is 1. The largest absolute Gasteiger partial charge is 0.298 e. The molecule has 1 aliphatic rings. The third-order valence-electron chi connectivity index (χ3n) is 3.87. The van der Waals surface area contributed by atoms with E-state index >= 15 is 0 Å². The van der Waals surface area contributed by atoms with Crippen LogP contribution in [-0.2, 0) is 0 Å². The lowest BCUT2D eigenvalue weighted by molar-refractivity contribution is 0.0827. The summed E-state index contributed by atoms with van der Waals surface area (Å²) in [5.74, 6) is 0. The molecule has 0 heterocycles. The van der Waals surface area contributed by atoms with Crippen LogP contribution in [0, 0.1) is 0 Å². The molecule has 1 rings (SSSR count). The third-order valence-corrected chi connectivity index (χ3v) is 3.87. The summed E-state index contributed by atoms with van der Waals surface area (Å²) in [6.45, 7) is 8.44.